The van der Waals surface area contributed by atoms with Gasteiger partial charge in [-0.2, -0.15) is 0 Å². The van der Waals surface area contributed by atoms with Crippen molar-refractivity contribution in [2.24, 2.45) is 11.1 Å². The van der Waals surface area contributed by atoms with E-state index in [-0.39, 0.29) is 17.4 Å². The molecule has 0 spiro atoms. The summed E-state index contributed by atoms with van der Waals surface area (Å²) in [5.74, 6) is -0.0309. The van der Waals surface area contributed by atoms with E-state index in [4.69, 9.17) is 17.3 Å². The van der Waals surface area contributed by atoms with Crippen molar-refractivity contribution in [3.63, 3.8) is 0 Å². The summed E-state index contributed by atoms with van der Waals surface area (Å²) in [6.45, 7) is 6.80. The number of hydrogen-bond acceptors (Lipinski definition) is 2. The van der Waals surface area contributed by atoms with Crippen LogP contribution in [0.2, 0.25) is 5.02 Å². The van der Waals surface area contributed by atoms with Crippen LogP contribution in [0.15, 0.2) is 24.3 Å². The largest absolute Gasteiger partial charge is 0.352 e. The Balaban J connectivity index is 2.38. The van der Waals surface area contributed by atoms with Gasteiger partial charge in [-0.05, 0) is 23.5 Å². The Hall–Kier alpha value is -1.06. The van der Waals surface area contributed by atoms with Gasteiger partial charge in [0, 0.05) is 24.0 Å². The Morgan fingerprint density at radius 1 is 1.37 bits per heavy atom. The molecular weight excluding hydrogens is 260 g/mol. The first-order valence-corrected chi connectivity index (χ1v) is 6.91. The summed E-state index contributed by atoms with van der Waals surface area (Å²) in [6.07, 6.45) is 1.17. The Morgan fingerprint density at radius 3 is 2.58 bits per heavy atom. The van der Waals surface area contributed by atoms with Gasteiger partial charge in [-0.15, -0.1) is 0 Å². The van der Waals surface area contributed by atoms with Crippen LogP contribution in [0.5, 0.6) is 0 Å². The fourth-order valence-electron chi connectivity index (χ4n) is 2.00. The quantitative estimate of drug-likeness (QED) is 0.872. The summed E-state index contributed by atoms with van der Waals surface area (Å²) in [4.78, 5) is 11.8. The minimum Gasteiger partial charge on any atom is -0.352 e. The molecule has 3 N–H and O–H groups in total. The van der Waals surface area contributed by atoms with E-state index in [1.807, 2.05) is 24.3 Å². The van der Waals surface area contributed by atoms with Gasteiger partial charge < -0.3 is 11.1 Å². The van der Waals surface area contributed by atoms with Crippen molar-refractivity contribution < 1.29 is 4.79 Å². The van der Waals surface area contributed by atoms with Crippen molar-refractivity contribution in [2.75, 3.05) is 0 Å². The molecule has 0 aliphatic rings. The number of carbonyl (C=O) groups is 1. The summed E-state index contributed by atoms with van der Waals surface area (Å²) < 4.78 is 0. The molecular formula is C15H23ClN2O. The third-order valence-corrected chi connectivity index (χ3v) is 3.12. The molecule has 0 aromatic heterocycles. The zero-order valence-electron chi connectivity index (χ0n) is 11.9. The summed E-state index contributed by atoms with van der Waals surface area (Å²) >= 11 is 6.02. The fraction of sp³-hybridized carbons (Fsp3) is 0.533. The molecule has 1 atom stereocenters. The van der Waals surface area contributed by atoms with E-state index in [9.17, 15) is 4.79 Å². The third-order valence-electron chi connectivity index (χ3n) is 2.76. The molecule has 0 bridgehead atoms. The number of halogens is 1. The highest BCUT2D eigenvalue weighted by atomic mass is 35.5. The number of rotatable bonds is 5. The molecule has 0 heterocycles. The zero-order valence-corrected chi connectivity index (χ0v) is 12.6. The minimum atomic E-state index is -0.105. The number of hydrogen-bond donors (Lipinski definition) is 2. The van der Waals surface area contributed by atoms with Crippen LogP contribution in [-0.2, 0) is 11.3 Å². The second-order valence-electron chi connectivity index (χ2n) is 6.10. The molecule has 106 valence electrons. The highest BCUT2D eigenvalue weighted by Gasteiger charge is 2.18. The van der Waals surface area contributed by atoms with Crippen LogP contribution >= 0.6 is 11.6 Å². The van der Waals surface area contributed by atoms with Crippen molar-refractivity contribution in [1.82, 2.24) is 5.32 Å². The van der Waals surface area contributed by atoms with Gasteiger partial charge in [0.25, 0.3) is 0 Å². The molecule has 19 heavy (non-hydrogen) atoms. The maximum atomic E-state index is 11.8. The SMILES string of the molecule is CC(C)(C)CC(N)CC(=O)NCc1ccccc1Cl. The van der Waals surface area contributed by atoms with Crippen molar-refractivity contribution in [2.45, 2.75) is 46.2 Å². The molecule has 1 rings (SSSR count). The van der Waals surface area contributed by atoms with Crippen LogP contribution in [0.4, 0.5) is 0 Å². The van der Waals surface area contributed by atoms with E-state index in [1.54, 1.807) is 0 Å². The Labute approximate surface area is 120 Å². The predicted molar refractivity (Wildman–Crippen MR) is 80.0 cm³/mol. The first kappa shape index (κ1) is 16.0. The monoisotopic (exact) mass is 282 g/mol. The van der Waals surface area contributed by atoms with Crippen molar-refractivity contribution >= 4 is 17.5 Å². The first-order valence-electron chi connectivity index (χ1n) is 6.53. The van der Waals surface area contributed by atoms with Gasteiger partial charge >= 0.3 is 0 Å². The molecule has 1 amide bonds. The number of amides is 1. The van der Waals surface area contributed by atoms with Gasteiger partial charge in [0.05, 0.1) is 0 Å². The van der Waals surface area contributed by atoms with Crippen LogP contribution in [0.25, 0.3) is 0 Å². The van der Waals surface area contributed by atoms with Crippen LogP contribution < -0.4 is 11.1 Å². The van der Waals surface area contributed by atoms with E-state index in [0.29, 0.717) is 18.0 Å². The fourth-order valence-corrected chi connectivity index (χ4v) is 2.21. The van der Waals surface area contributed by atoms with E-state index >= 15 is 0 Å². The van der Waals surface area contributed by atoms with Gasteiger partial charge in [0.2, 0.25) is 5.91 Å². The van der Waals surface area contributed by atoms with Crippen LogP contribution in [0.1, 0.15) is 39.2 Å². The number of benzene rings is 1. The second-order valence-corrected chi connectivity index (χ2v) is 6.50. The molecule has 1 aromatic rings. The molecule has 4 heteroatoms. The lowest BCUT2D eigenvalue weighted by Crippen LogP contribution is -2.34. The minimum absolute atomic E-state index is 0.0309. The highest BCUT2D eigenvalue weighted by molar-refractivity contribution is 6.31. The topological polar surface area (TPSA) is 55.1 Å². The van der Waals surface area contributed by atoms with E-state index in [0.717, 1.165) is 12.0 Å². The Bertz CT molecular complexity index is 426. The predicted octanol–water partition coefficient (Wildman–Crippen LogP) is 3.11. The lowest BCUT2D eigenvalue weighted by molar-refractivity contribution is -0.121. The zero-order chi connectivity index (χ0) is 14.5. The maximum Gasteiger partial charge on any atom is 0.221 e. The van der Waals surface area contributed by atoms with Crippen LogP contribution in [-0.4, -0.2) is 11.9 Å². The van der Waals surface area contributed by atoms with E-state index in [2.05, 4.69) is 26.1 Å². The smallest absolute Gasteiger partial charge is 0.221 e. The van der Waals surface area contributed by atoms with Gasteiger partial charge in [-0.25, -0.2) is 0 Å². The van der Waals surface area contributed by atoms with Crippen molar-refractivity contribution in [3.8, 4) is 0 Å². The summed E-state index contributed by atoms with van der Waals surface area (Å²) in [5.41, 5.74) is 7.03. The summed E-state index contributed by atoms with van der Waals surface area (Å²) in [6, 6.07) is 7.38. The lowest BCUT2D eigenvalue weighted by atomic mass is 9.87. The molecule has 3 nitrogen and oxygen atoms in total. The average molecular weight is 283 g/mol. The molecule has 0 fully saturated rings. The van der Waals surface area contributed by atoms with Crippen LogP contribution in [0.3, 0.4) is 0 Å². The maximum absolute atomic E-state index is 11.8. The van der Waals surface area contributed by atoms with Gasteiger partial charge in [0.15, 0.2) is 0 Å². The standard InChI is InChI=1S/C15H23ClN2O/c1-15(2,3)9-12(17)8-14(19)18-10-11-6-4-5-7-13(11)16/h4-7,12H,8-10,17H2,1-3H3,(H,18,19). The number of carbonyl (C=O) groups excluding carboxylic acids is 1. The molecule has 0 aliphatic heterocycles. The molecule has 0 saturated carbocycles. The van der Waals surface area contributed by atoms with Gasteiger partial charge in [0.1, 0.15) is 0 Å². The normalized spacial score (nSPS) is 13.1. The molecule has 0 saturated heterocycles. The number of nitrogens with one attached hydrogen (secondary N) is 1. The number of nitrogens with two attached hydrogens (primary N) is 1. The molecule has 0 aliphatic carbocycles. The summed E-state index contributed by atoms with van der Waals surface area (Å²) in [5, 5.41) is 3.52. The Morgan fingerprint density at radius 2 is 2.00 bits per heavy atom. The third kappa shape index (κ3) is 6.60. The Kier molecular flexibility index (Phi) is 5.83. The molecule has 1 aromatic carbocycles. The first-order chi connectivity index (χ1) is 8.78. The lowest BCUT2D eigenvalue weighted by Gasteiger charge is -2.22. The van der Waals surface area contributed by atoms with Crippen LogP contribution in [0, 0.1) is 5.41 Å². The molecule has 0 radical (unpaired) electrons. The second kappa shape index (κ2) is 6.92. The van der Waals surface area contributed by atoms with Gasteiger partial charge in [-0.1, -0.05) is 50.6 Å². The van der Waals surface area contributed by atoms with Crippen molar-refractivity contribution in [1.29, 1.82) is 0 Å². The van der Waals surface area contributed by atoms with Crippen molar-refractivity contribution in [3.05, 3.63) is 34.9 Å². The van der Waals surface area contributed by atoms with Gasteiger partial charge in [-0.3, -0.25) is 4.79 Å². The highest BCUT2D eigenvalue weighted by Crippen LogP contribution is 2.21. The van der Waals surface area contributed by atoms with E-state index in [1.165, 1.54) is 0 Å². The average Bonchev–Trinajstić information content (AvgIpc) is 2.25. The summed E-state index contributed by atoms with van der Waals surface area (Å²) in [7, 11) is 0. The van der Waals surface area contributed by atoms with E-state index < -0.39 is 0 Å². The molecule has 1 unspecified atom stereocenters.